The molecule has 4 heterocycles. The molecule has 9 heteroatoms. The number of rotatable bonds is 3. The summed E-state index contributed by atoms with van der Waals surface area (Å²) < 4.78 is 6.44. The van der Waals surface area contributed by atoms with Crippen LogP contribution in [0.25, 0.3) is 11.1 Å². The molecular weight excluding hydrogens is 428 g/mol. The lowest BCUT2D eigenvalue weighted by Gasteiger charge is -2.43. The number of amides is 1. The Bertz CT molecular complexity index is 1250. The summed E-state index contributed by atoms with van der Waals surface area (Å²) in [6.07, 6.45) is 7.39. The summed E-state index contributed by atoms with van der Waals surface area (Å²) in [6.45, 7) is 1.94. The maximum atomic E-state index is 13.5. The van der Waals surface area contributed by atoms with Crippen molar-refractivity contribution in [3.8, 4) is 16.9 Å². The summed E-state index contributed by atoms with van der Waals surface area (Å²) in [5.74, 6) is 1.19. The van der Waals surface area contributed by atoms with E-state index in [0.717, 1.165) is 11.1 Å². The van der Waals surface area contributed by atoms with Crippen LogP contribution in [-0.2, 0) is 16.8 Å². The van der Waals surface area contributed by atoms with Gasteiger partial charge in [-0.2, -0.15) is 0 Å². The zero-order chi connectivity index (χ0) is 22.5. The number of aromatic nitrogens is 3. The van der Waals surface area contributed by atoms with E-state index in [4.69, 9.17) is 22.1 Å². The molecule has 2 N–H and O–H groups in total. The van der Waals surface area contributed by atoms with Crippen molar-refractivity contribution in [2.75, 3.05) is 7.05 Å². The van der Waals surface area contributed by atoms with Crippen molar-refractivity contribution in [1.82, 2.24) is 19.9 Å². The average molecular weight is 449 g/mol. The van der Waals surface area contributed by atoms with Crippen LogP contribution in [0.1, 0.15) is 24.7 Å². The molecule has 2 aromatic heterocycles. The maximum Gasteiger partial charge on any atom is 0.261 e. The molecule has 1 amide bonds. The first-order valence-corrected chi connectivity index (χ1v) is 10.5. The van der Waals surface area contributed by atoms with Crippen LogP contribution in [0.15, 0.2) is 60.1 Å². The van der Waals surface area contributed by atoms with E-state index in [2.05, 4.69) is 19.9 Å². The maximum absolute atomic E-state index is 13.5. The first-order valence-electron chi connectivity index (χ1n) is 10.1. The summed E-state index contributed by atoms with van der Waals surface area (Å²) in [4.78, 5) is 32.4. The molecule has 1 aromatic carbocycles. The summed E-state index contributed by atoms with van der Waals surface area (Å²) >= 11 is 6.14. The topological polar surface area (TPSA) is 107 Å². The Morgan fingerprint density at radius 1 is 1.19 bits per heavy atom. The number of halogens is 1. The number of fused-ring (bicyclic) bond motifs is 2. The van der Waals surface area contributed by atoms with E-state index in [9.17, 15) is 4.79 Å². The minimum absolute atomic E-state index is 0.177. The van der Waals surface area contributed by atoms with Gasteiger partial charge in [0, 0.05) is 55.8 Å². The highest BCUT2D eigenvalue weighted by Crippen LogP contribution is 2.50. The fourth-order valence-corrected chi connectivity index (χ4v) is 4.65. The van der Waals surface area contributed by atoms with Gasteiger partial charge >= 0.3 is 0 Å². The second-order valence-electron chi connectivity index (χ2n) is 8.37. The molecule has 2 aliphatic heterocycles. The molecule has 162 valence electrons. The second-order valence-corrected chi connectivity index (χ2v) is 8.80. The highest BCUT2D eigenvalue weighted by Gasteiger charge is 2.57. The number of ether oxygens (including phenoxy) is 1. The number of aliphatic imine (C=N–C) groups is 1. The van der Waals surface area contributed by atoms with Crippen LogP contribution in [0.2, 0.25) is 5.02 Å². The van der Waals surface area contributed by atoms with Crippen LogP contribution in [0.3, 0.4) is 0 Å². The second kappa shape index (κ2) is 7.27. The van der Waals surface area contributed by atoms with Crippen LogP contribution < -0.4 is 10.5 Å². The molecule has 5 rings (SSSR count). The predicted octanol–water partition coefficient (Wildman–Crippen LogP) is 2.96. The standard InChI is InChI=1S/C23H21ClN6O2/c1-22(10-19-27-6-3-7-28-19)13-23(20(31)30(2)21(25)29-23)17-9-14(4-5-18(17)32-22)15-8-16(24)12-26-11-15/h3-9,11-12H,10,13H2,1-2H3,(H2,25,29)/t22-,23?/m1/s1. The monoisotopic (exact) mass is 448 g/mol. The third-order valence-corrected chi connectivity index (χ3v) is 6.11. The van der Waals surface area contributed by atoms with E-state index in [-0.39, 0.29) is 11.9 Å². The van der Waals surface area contributed by atoms with Gasteiger partial charge in [-0.3, -0.25) is 14.7 Å². The Morgan fingerprint density at radius 2 is 1.97 bits per heavy atom. The number of hydrogen-bond acceptors (Lipinski definition) is 7. The average Bonchev–Trinajstić information content (AvgIpc) is 2.97. The van der Waals surface area contributed by atoms with Gasteiger partial charge in [0.25, 0.3) is 5.91 Å². The van der Waals surface area contributed by atoms with Gasteiger partial charge in [-0.25, -0.2) is 15.0 Å². The molecule has 32 heavy (non-hydrogen) atoms. The zero-order valence-corrected chi connectivity index (χ0v) is 18.4. The number of guanidine groups is 1. The normalized spacial score (nSPS) is 24.3. The van der Waals surface area contributed by atoms with Crippen molar-refractivity contribution < 1.29 is 9.53 Å². The first-order chi connectivity index (χ1) is 15.3. The summed E-state index contributed by atoms with van der Waals surface area (Å²) in [7, 11) is 1.63. The van der Waals surface area contributed by atoms with E-state index in [0.29, 0.717) is 35.0 Å². The van der Waals surface area contributed by atoms with E-state index < -0.39 is 11.1 Å². The Hall–Kier alpha value is -3.52. The van der Waals surface area contributed by atoms with Crippen molar-refractivity contribution in [3.63, 3.8) is 0 Å². The highest BCUT2D eigenvalue weighted by molar-refractivity contribution is 6.30. The van der Waals surface area contributed by atoms with Crippen molar-refractivity contribution in [2.45, 2.75) is 30.9 Å². The van der Waals surface area contributed by atoms with E-state index in [1.807, 2.05) is 31.2 Å². The zero-order valence-electron chi connectivity index (χ0n) is 17.6. The van der Waals surface area contributed by atoms with Gasteiger partial charge in [0.2, 0.25) is 0 Å². The fourth-order valence-electron chi connectivity index (χ4n) is 4.47. The van der Waals surface area contributed by atoms with Gasteiger partial charge in [-0.1, -0.05) is 17.7 Å². The Kier molecular flexibility index (Phi) is 4.63. The number of benzene rings is 1. The van der Waals surface area contributed by atoms with Gasteiger partial charge in [-0.05, 0) is 36.8 Å². The van der Waals surface area contributed by atoms with Crippen LogP contribution >= 0.6 is 11.6 Å². The molecule has 0 fully saturated rings. The number of carbonyl (C=O) groups is 1. The molecule has 0 saturated heterocycles. The van der Waals surface area contributed by atoms with Gasteiger partial charge in [-0.15, -0.1) is 0 Å². The van der Waals surface area contributed by atoms with Crippen LogP contribution in [-0.4, -0.2) is 44.4 Å². The predicted molar refractivity (Wildman–Crippen MR) is 120 cm³/mol. The van der Waals surface area contributed by atoms with Crippen molar-refractivity contribution >= 4 is 23.5 Å². The number of nitrogens with zero attached hydrogens (tertiary/aromatic N) is 5. The number of carbonyl (C=O) groups excluding carboxylic acids is 1. The quantitative estimate of drug-likeness (QED) is 0.660. The molecule has 0 radical (unpaired) electrons. The molecule has 1 spiro atoms. The van der Waals surface area contributed by atoms with Crippen molar-refractivity contribution in [3.05, 3.63) is 71.5 Å². The third kappa shape index (κ3) is 3.27. The van der Waals surface area contributed by atoms with Gasteiger partial charge in [0.1, 0.15) is 17.2 Å². The summed E-state index contributed by atoms with van der Waals surface area (Å²) in [5.41, 5.74) is 6.49. The Morgan fingerprint density at radius 3 is 2.66 bits per heavy atom. The fraction of sp³-hybridized carbons (Fsp3) is 0.261. The largest absolute Gasteiger partial charge is 0.487 e. The SMILES string of the molecule is CN1C(=O)C2(C[C@@](C)(Cc3ncccn3)Oc3ccc(-c4cncc(Cl)c4)cc32)N=C1N. The van der Waals surface area contributed by atoms with E-state index in [1.54, 1.807) is 37.9 Å². The van der Waals surface area contributed by atoms with Crippen molar-refractivity contribution in [2.24, 2.45) is 10.7 Å². The minimum atomic E-state index is -1.20. The molecule has 0 bridgehead atoms. The molecule has 1 unspecified atom stereocenters. The van der Waals surface area contributed by atoms with Crippen LogP contribution in [0.4, 0.5) is 0 Å². The molecular formula is C23H21ClN6O2. The van der Waals surface area contributed by atoms with Gasteiger partial charge in [0.05, 0.1) is 5.02 Å². The molecule has 3 aromatic rings. The third-order valence-electron chi connectivity index (χ3n) is 5.91. The molecule has 2 aliphatic rings. The van der Waals surface area contributed by atoms with E-state index in [1.165, 1.54) is 4.90 Å². The summed E-state index contributed by atoms with van der Waals surface area (Å²) in [5, 5.41) is 0.528. The molecule has 8 nitrogen and oxygen atoms in total. The number of likely N-dealkylation sites (N-methyl/N-ethyl adjacent to an activating group) is 1. The lowest BCUT2D eigenvalue weighted by molar-refractivity contribution is -0.134. The Balaban J connectivity index is 1.65. The van der Waals surface area contributed by atoms with Crippen LogP contribution in [0, 0.1) is 0 Å². The molecule has 0 aliphatic carbocycles. The lowest BCUT2D eigenvalue weighted by atomic mass is 9.75. The smallest absolute Gasteiger partial charge is 0.261 e. The van der Waals surface area contributed by atoms with Crippen LogP contribution in [0.5, 0.6) is 5.75 Å². The van der Waals surface area contributed by atoms with E-state index >= 15 is 0 Å². The minimum Gasteiger partial charge on any atom is -0.487 e. The van der Waals surface area contributed by atoms with Crippen molar-refractivity contribution in [1.29, 1.82) is 0 Å². The highest BCUT2D eigenvalue weighted by atomic mass is 35.5. The number of nitrogens with two attached hydrogens (primary N) is 1. The van der Waals surface area contributed by atoms with Gasteiger partial charge < -0.3 is 10.5 Å². The number of hydrogen-bond donors (Lipinski definition) is 1. The first kappa shape index (κ1) is 20.4. The lowest BCUT2D eigenvalue weighted by Crippen LogP contribution is -2.51. The Labute approximate surface area is 190 Å². The molecule has 0 saturated carbocycles. The molecule has 2 atom stereocenters. The van der Waals surface area contributed by atoms with Gasteiger partial charge in [0.15, 0.2) is 11.5 Å². The number of pyridine rings is 1. The summed E-state index contributed by atoms with van der Waals surface area (Å²) in [6, 6.07) is 9.27.